The Balaban J connectivity index is 1.80. The monoisotopic (exact) mass is 465 g/mol. The summed E-state index contributed by atoms with van der Waals surface area (Å²) >= 11 is 5.74. The molecular formula is C20H19ClF3N7O. The predicted molar refractivity (Wildman–Crippen MR) is 117 cm³/mol. The van der Waals surface area contributed by atoms with Crippen molar-refractivity contribution in [3.63, 3.8) is 0 Å². The van der Waals surface area contributed by atoms with Gasteiger partial charge in [-0.15, -0.1) is 0 Å². The molecule has 3 rings (SSSR count). The van der Waals surface area contributed by atoms with Crippen molar-refractivity contribution in [1.82, 2.24) is 15.0 Å². The first-order chi connectivity index (χ1) is 15.2. The molecule has 1 heterocycles. The van der Waals surface area contributed by atoms with Crippen LogP contribution in [0.15, 0.2) is 64.8 Å². The van der Waals surface area contributed by atoms with E-state index in [-0.39, 0.29) is 11.5 Å². The van der Waals surface area contributed by atoms with Crippen LogP contribution in [0.2, 0.25) is 5.02 Å². The van der Waals surface area contributed by atoms with E-state index < -0.39 is 22.3 Å². The van der Waals surface area contributed by atoms with Crippen LogP contribution in [0.25, 0.3) is 5.69 Å². The Morgan fingerprint density at radius 3 is 2.50 bits per heavy atom. The van der Waals surface area contributed by atoms with Gasteiger partial charge in [0.1, 0.15) is 5.84 Å². The van der Waals surface area contributed by atoms with Crippen molar-refractivity contribution in [1.29, 1.82) is 0 Å². The fourth-order valence-corrected chi connectivity index (χ4v) is 3.21. The molecule has 0 fully saturated rings. The van der Waals surface area contributed by atoms with Gasteiger partial charge in [-0.1, -0.05) is 23.7 Å². The number of rotatable bonds is 6. The molecule has 8 nitrogen and oxygen atoms in total. The van der Waals surface area contributed by atoms with E-state index in [1.165, 1.54) is 23.0 Å². The molecule has 2 aromatic carbocycles. The summed E-state index contributed by atoms with van der Waals surface area (Å²) in [5.41, 5.74) is 2.72. The smallest absolute Gasteiger partial charge is 0.336 e. The van der Waals surface area contributed by atoms with Gasteiger partial charge in [-0.05, 0) is 42.3 Å². The van der Waals surface area contributed by atoms with Gasteiger partial charge >= 0.3 is 6.18 Å². The van der Waals surface area contributed by atoms with Crippen molar-refractivity contribution in [2.75, 3.05) is 5.32 Å². The number of nitrogens with zero attached hydrogens (tertiary/aromatic N) is 3. The van der Waals surface area contributed by atoms with Gasteiger partial charge in [-0.2, -0.15) is 18.3 Å². The normalized spacial score (nSPS) is 12.0. The maximum Gasteiger partial charge on any atom is 0.417 e. The lowest BCUT2D eigenvalue weighted by molar-refractivity contribution is -0.137. The van der Waals surface area contributed by atoms with Crippen LogP contribution in [-0.4, -0.2) is 15.4 Å². The zero-order chi connectivity index (χ0) is 23.3. The Morgan fingerprint density at radius 1 is 1.19 bits per heavy atom. The fourth-order valence-electron chi connectivity index (χ4n) is 2.92. The summed E-state index contributed by atoms with van der Waals surface area (Å²) in [5.74, 6) is 10.9. The first-order valence-electron chi connectivity index (χ1n) is 9.27. The van der Waals surface area contributed by atoms with Crippen LogP contribution in [0.3, 0.4) is 0 Å². The minimum Gasteiger partial charge on any atom is -0.336 e. The van der Waals surface area contributed by atoms with E-state index >= 15 is 0 Å². The molecule has 0 atom stereocenters. The van der Waals surface area contributed by atoms with Gasteiger partial charge in [-0.25, -0.2) is 10.8 Å². The van der Waals surface area contributed by atoms with Crippen LogP contribution in [-0.2, 0) is 12.6 Å². The van der Waals surface area contributed by atoms with E-state index in [1.807, 2.05) is 12.1 Å². The second-order valence-electron chi connectivity index (χ2n) is 6.65. The number of aryl methyl sites for hydroxylation is 1. The highest BCUT2D eigenvalue weighted by atomic mass is 35.5. The molecule has 0 radical (unpaired) electrons. The van der Waals surface area contributed by atoms with Crippen molar-refractivity contribution in [3.05, 3.63) is 81.4 Å². The number of hydrogen-bond acceptors (Lipinski definition) is 6. The Morgan fingerprint density at radius 2 is 1.91 bits per heavy atom. The predicted octanol–water partition coefficient (Wildman–Crippen LogP) is 3.32. The van der Waals surface area contributed by atoms with Crippen molar-refractivity contribution < 1.29 is 13.2 Å². The summed E-state index contributed by atoms with van der Waals surface area (Å²) in [4.78, 5) is 16.8. The lowest BCUT2D eigenvalue weighted by atomic mass is 10.1. The summed E-state index contributed by atoms with van der Waals surface area (Å²) in [6, 6.07) is 10.3. The summed E-state index contributed by atoms with van der Waals surface area (Å²) in [6.07, 6.45) is -0.530. The van der Waals surface area contributed by atoms with Crippen LogP contribution in [0.4, 0.5) is 24.7 Å². The first-order valence-corrected chi connectivity index (χ1v) is 9.65. The largest absolute Gasteiger partial charge is 0.417 e. The van der Waals surface area contributed by atoms with Crippen molar-refractivity contribution >= 4 is 28.9 Å². The number of nitrogens with one attached hydrogen (secondary N) is 2. The number of hydrazine groups is 1. The third kappa shape index (κ3) is 5.37. The van der Waals surface area contributed by atoms with Crippen LogP contribution in [0, 0.1) is 0 Å². The zero-order valence-corrected chi connectivity index (χ0v) is 17.3. The number of hydrazone groups is 1. The van der Waals surface area contributed by atoms with E-state index in [4.69, 9.17) is 23.3 Å². The molecule has 0 unspecified atom stereocenters. The Kier molecular flexibility index (Phi) is 7.01. The lowest BCUT2D eigenvalue weighted by Crippen LogP contribution is -2.31. The van der Waals surface area contributed by atoms with Crippen LogP contribution >= 0.6 is 11.6 Å². The quantitative estimate of drug-likeness (QED) is 0.192. The van der Waals surface area contributed by atoms with Crippen LogP contribution < -0.4 is 28.0 Å². The van der Waals surface area contributed by atoms with Gasteiger partial charge in [0.2, 0.25) is 0 Å². The highest BCUT2D eigenvalue weighted by Crippen LogP contribution is 2.36. The number of aromatic nitrogens is 2. The molecule has 3 aromatic rings. The second kappa shape index (κ2) is 9.71. The van der Waals surface area contributed by atoms with E-state index in [1.54, 1.807) is 12.1 Å². The Labute approximate surface area is 185 Å². The SMILES string of the molecule is N/N=C(/CCc1ccc(-n2ccnc(Nc3ccc(C(F)(F)F)c(Cl)c3)c2=O)cc1)NN. The lowest BCUT2D eigenvalue weighted by Gasteiger charge is -2.12. The standard InChI is InChI=1S/C20H19ClF3N7O/c21-16-11-13(4-7-15(16)20(22,23)24)28-18-19(32)31(10-9-27-18)14-5-1-12(2-6-14)3-8-17(29-25)30-26/h1-2,4-7,9-11H,3,8,25-26H2,(H,27,28)(H,29,30). The third-order valence-electron chi connectivity index (χ3n) is 4.57. The van der Waals surface area contributed by atoms with Crippen molar-refractivity contribution in [3.8, 4) is 5.69 Å². The minimum absolute atomic E-state index is 0.0646. The molecule has 12 heteroatoms. The molecule has 0 saturated heterocycles. The van der Waals surface area contributed by atoms with Gasteiger partial charge in [0.05, 0.1) is 10.6 Å². The van der Waals surface area contributed by atoms with E-state index in [9.17, 15) is 18.0 Å². The summed E-state index contributed by atoms with van der Waals surface area (Å²) in [5, 5.41) is 5.76. The number of nitrogens with two attached hydrogens (primary N) is 2. The molecule has 32 heavy (non-hydrogen) atoms. The minimum atomic E-state index is -4.57. The Hall–Kier alpha value is -3.57. The highest BCUT2D eigenvalue weighted by molar-refractivity contribution is 6.31. The molecular weight excluding hydrogens is 447 g/mol. The second-order valence-corrected chi connectivity index (χ2v) is 7.06. The van der Waals surface area contributed by atoms with Gasteiger partial charge < -0.3 is 16.6 Å². The maximum absolute atomic E-state index is 12.9. The zero-order valence-electron chi connectivity index (χ0n) is 16.5. The van der Waals surface area contributed by atoms with Crippen molar-refractivity contribution in [2.45, 2.75) is 19.0 Å². The topological polar surface area (TPSA) is 123 Å². The van der Waals surface area contributed by atoms with Gasteiger partial charge in [0.15, 0.2) is 5.82 Å². The number of amidine groups is 1. The van der Waals surface area contributed by atoms with Crippen molar-refractivity contribution in [2.24, 2.45) is 16.8 Å². The highest BCUT2D eigenvalue weighted by Gasteiger charge is 2.33. The summed E-state index contributed by atoms with van der Waals surface area (Å²) in [7, 11) is 0. The summed E-state index contributed by atoms with van der Waals surface area (Å²) < 4.78 is 40.0. The Bertz CT molecular complexity index is 1180. The molecule has 1 aromatic heterocycles. The van der Waals surface area contributed by atoms with Gasteiger partial charge in [0.25, 0.3) is 5.56 Å². The van der Waals surface area contributed by atoms with Gasteiger partial charge in [0, 0.05) is 30.2 Å². The number of halogens is 4. The average Bonchev–Trinajstić information content (AvgIpc) is 2.76. The van der Waals surface area contributed by atoms with E-state index in [0.717, 1.165) is 17.7 Å². The molecule has 0 saturated carbocycles. The molecule has 0 aliphatic carbocycles. The van der Waals surface area contributed by atoms with E-state index in [0.29, 0.717) is 24.4 Å². The number of hydrogen-bond donors (Lipinski definition) is 4. The molecule has 0 spiro atoms. The van der Waals surface area contributed by atoms with E-state index in [2.05, 4.69) is 20.8 Å². The molecule has 6 N–H and O–H groups in total. The summed E-state index contributed by atoms with van der Waals surface area (Å²) in [6.45, 7) is 0. The van der Waals surface area contributed by atoms with Gasteiger partial charge in [-0.3, -0.25) is 9.36 Å². The first kappa shape index (κ1) is 23.1. The third-order valence-corrected chi connectivity index (χ3v) is 4.88. The molecule has 0 amide bonds. The number of benzene rings is 2. The fraction of sp³-hybridized carbons (Fsp3) is 0.150. The maximum atomic E-state index is 12.9. The number of anilines is 2. The molecule has 168 valence electrons. The average molecular weight is 466 g/mol. The number of alkyl halides is 3. The molecule has 0 aliphatic heterocycles. The van der Waals surface area contributed by atoms with Crippen LogP contribution in [0.5, 0.6) is 0 Å². The molecule has 0 bridgehead atoms. The van der Waals surface area contributed by atoms with Crippen LogP contribution in [0.1, 0.15) is 17.5 Å². The molecule has 0 aliphatic rings.